The van der Waals surface area contributed by atoms with Crippen LogP contribution in [0.3, 0.4) is 0 Å². The fraction of sp³-hybridized carbons (Fsp3) is 0.727. The second-order valence-electron chi connectivity index (χ2n) is 4.63. The minimum absolute atomic E-state index is 0.0953. The number of nitrogens with zero attached hydrogens (tertiary/aromatic N) is 1. The molecule has 0 spiro atoms. The molecule has 2 amide bonds. The second-order valence-corrected chi connectivity index (χ2v) is 7.91. The van der Waals surface area contributed by atoms with Gasteiger partial charge in [0.2, 0.25) is 0 Å². The van der Waals surface area contributed by atoms with E-state index in [1.807, 2.05) is 6.92 Å². The van der Waals surface area contributed by atoms with E-state index in [0.717, 1.165) is 10.9 Å². The first-order valence-corrected chi connectivity index (χ1v) is 8.71. The zero-order chi connectivity index (χ0) is 13.8. The largest absolute Gasteiger partial charge is 0.335 e. The summed E-state index contributed by atoms with van der Waals surface area (Å²) < 4.78 is 23.1. The Morgan fingerprint density at radius 2 is 2.28 bits per heavy atom. The molecule has 0 fully saturated rings. The van der Waals surface area contributed by atoms with Gasteiger partial charge in [0.15, 0.2) is 0 Å². The Morgan fingerprint density at radius 1 is 1.61 bits per heavy atom. The molecule has 0 saturated carbocycles. The van der Waals surface area contributed by atoms with Gasteiger partial charge in [0.1, 0.15) is 9.84 Å². The third-order valence-electron chi connectivity index (χ3n) is 2.69. The molecule has 1 atom stereocenters. The smallest absolute Gasteiger partial charge is 0.317 e. The Labute approximate surface area is 117 Å². The van der Waals surface area contributed by atoms with Crippen LogP contribution in [0.15, 0.2) is 10.6 Å². The fourth-order valence-corrected chi connectivity index (χ4v) is 2.95. The number of hydrogen-bond acceptors (Lipinski definition) is 3. The first-order chi connectivity index (χ1) is 8.28. The predicted molar refractivity (Wildman–Crippen MR) is 75.5 cm³/mol. The molecule has 0 saturated heterocycles. The van der Waals surface area contributed by atoms with Crippen molar-refractivity contribution in [3.8, 4) is 0 Å². The van der Waals surface area contributed by atoms with E-state index in [1.54, 1.807) is 4.90 Å². The molecule has 0 radical (unpaired) electrons. The number of hydrogen-bond donors (Lipinski definition) is 1. The van der Waals surface area contributed by atoms with E-state index < -0.39 is 9.84 Å². The van der Waals surface area contributed by atoms with Crippen LogP contribution in [-0.2, 0) is 9.84 Å². The molecule has 0 bridgehead atoms. The summed E-state index contributed by atoms with van der Waals surface area (Å²) in [6.07, 6.45) is 4.53. The Kier molecular flexibility index (Phi) is 5.65. The van der Waals surface area contributed by atoms with E-state index in [9.17, 15) is 13.2 Å². The third kappa shape index (κ3) is 5.86. The van der Waals surface area contributed by atoms with Gasteiger partial charge in [0, 0.05) is 23.3 Å². The second kappa shape index (κ2) is 6.56. The molecule has 0 aromatic rings. The van der Waals surface area contributed by atoms with Crippen molar-refractivity contribution in [2.45, 2.75) is 25.8 Å². The normalized spacial score (nSPS) is 18.2. The van der Waals surface area contributed by atoms with Crippen LogP contribution in [0.2, 0.25) is 0 Å². The summed E-state index contributed by atoms with van der Waals surface area (Å²) in [5, 5.41) is 2.82. The lowest BCUT2D eigenvalue weighted by atomic mass is 10.2. The highest BCUT2D eigenvalue weighted by Crippen LogP contribution is 2.14. The highest BCUT2D eigenvalue weighted by Gasteiger charge is 2.19. The van der Waals surface area contributed by atoms with Crippen molar-refractivity contribution in [3.05, 3.63) is 10.6 Å². The average Bonchev–Trinajstić information content (AvgIpc) is 2.25. The highest BCUT2D eigenvalue weighted by molar-refractivity contribution is 9.11. The fourth-order valence-electron chi connectivity index (χ4n) is 1.64. The maximum Gasteiger partial charge on any atom is 0.317 e. The first kappa shape index (κ1) is 15.5. The van der Waals surface area contributed by atoms with Crippen molar-refractivity contribution in [2.24, 2.45) is 0 Å². The van der Waals surface area contributed by atoms with Crippen LogP contribution in [0.5, 0.6) is 0 Å². The van der Waals surface area contributed by atoms with Gasteiger partial charge in [-0.15, -0.1) is 0 Å². The molecule has 7 heteroatoms. The number of amides is 2. The summed E-state index contributed by atoms with van der Waals surface area (Å²) in [6, 6.07) is -0.280. The molecule has 1 rings (SSSR count). The van der Waals surface area contributed by atoms with Crippen LogP contribution in [0.4, 0.5) is 4.79 Å². The van der Waals surface area contributed by atoms with E-state index in [0.29, 0.717) is 19.5 Å². The number of carbonyl (C=O) groups is 1. The van der Waals surface area contributed by atoms with Gasteiger partial charge in [-0.1, -0.05) is 22.0 Å². The molecular formula is C11H19BrN2O3S. The lowest BCUT2D eigenvalue weighted by Gasteiger charge is -2.27. The van der Waals surface area contributed by atoms with Crippen molar-refractivity contribution >= 4 is 31.8 Å². The summed E-state index contributed by atoms with van der Waals surface area (Å²) in [5.74, 6) is 0.0953. The average molecular weight is 339 g/mol. The third-order valence-corrected chi connectivity index (χ3v) is 4.24. The van der Waals surface area contributed by atoms with Gasteiger partial charge in [-0.25, -0.2) is 13.2 Å². The van der Waals surface area contributed by atoms with E-state index in [-0.39, 0.29) is 17.8 Å². The molecule has 0 aliphatic carbocycles. The Balaban J connectivity index is 2.38. The van der Waals surface area contributed by atoms with Gasteiger partial charge >= 0.3 is 6.03 Å². The highest BCUT2D eigenvalue weighted by atomic mass is 79.9. The zero-order valence-corrected chi connectivity index (χ0v) is 13.1. The Bertz CT molecular complexity index is 434. The number of halogens is 1. The Morgan fingerprint density at radius 3 is 2.83 bits per heavy atom. The van der Waals surface area contributed by atoms with Gasteiger partial charge in [-0.05, 0) is 19.8 Å². The number of nitrogens with one attached hydrogen (secondary N) is 1. The van der Waals surface area contributed by atoms with Crippen LogP contribution in [0.1, 0.15) is 19.8 Å². The van der Waals surface area contributed by atoms with Gasteiger partial charge in [-0.2, -0.15) is 0 Å². The summed E-state index contributed by atoms with van der Waals surface area (Å²) in [4.78, 5) is 13.6. The number of carbonyl (C=O) groups excluding carboxylic acids is 1. The molecule has 1 aliphatic rings. The quantitative estimate of drug-likeness (QED) is 0.844. The van der Waals surface area contributed by atoms with Crippen LogP contribution < -0.4 is 5.32 Å². The summed E-state index contributed by atoms with van der Waals surface area (Å²) >= 11 is 3.38. The summed E-state index contributed by atoms with van der Waals surface area (Å²) in [7, 11) is -2.97. The lowest BCUT2D eigenvalue weighted by molar-refractivity contribution is 0.198. The summed E-state index contributed by atoms with van der Waals surface area (Å²) in [5.41, 5.74) is 0. The van der Waals surface area contributed by atoms with Crippen LogP contribution in [0.25, 0.3) is 0 Å². The predicted octanol–water partition coefficient (Wildman–Crippen LogP) is 1.50. The van der Waals surface area contributed by atoms with Crippen molar-refractivity contribution in [3.63, 3.8) is 0 Å². The zero-order valence-electron chi connectivity index (χ0n) is 10.6. The molecule has 0 unspecified atom stereocenters. The SMILES string of the molecule is C[C@@H](CCS(C)(=O)=O)NC(=O)N1CCC=C(Br)C1. The molecule has 0 aromatic carbocycles. The number of urea groups is 1. The van der Waals surface area contributed by atoms with Crippen molar-refractivity contribution < 1.29 is 13.2 Å². The summed E-state index contributed by atoms with van der Waals surface area (Å²) in [6.45, 7) is 3.09. The van der Waals surface area contributed by atoms with E-state index in [1.165, 1.54) is 6.26 Å². The van der Waals surface area contributed by atoms with E-state index >= 15 is 0 Å². The molecule has 5 nitrogen and oxygen atoms in total. The van der Waals surface area contributed by atoms with Crippen molar-refractivity contribution in [1.29, 1.82) is 0 Å². The molecule has 104 valence electrons. The van der Waals surface area contributed by atoms with E-state index in [4.69, 9.17) is 0 Å². The molecule has 0 aromatic heterocycles. The first-order valence-electron chi connectivity index (χ1n) is 5.85. The Hall–Kier alpha value is -0.560. The number of sulfone groups is 1. The van der Waals surface area contributed by atoms with Crippen molar-refractivity contribution in [2.75, 3.05) is 25.1 Å². The van der Waals surface area contributed by atoms with Gasteiger partial charge in [0.25, 0.3) is 0 Å². The van der Waals surface area contributed by atoms with Crippen LogP contribution in [0, 0.1) is 0 Å². The molecule has 1 N–H and O–H groups in total. The standard InChI is InChI=1S/C11H19BrN2O3S/c1-9(5-7-18(2,16)17)13-11(15)14-6-3-4-10(12)8-14/h4,9H,3,5-8H2,1-2H3,(H,13,15)/t9-/m0/s1. The molecule has 1 heterocycles. The van der Waals surface area contributed by atoms with Crippen molar-refractivity contribution in [1.82, 2.24) is 10.2 Å². The van der Waals surface area contributed by atoms with Crippen LogP contribution in [-0.4, -0.2) is 50.5 Å². The number of rotatable bonds is 4. The lowest BCUT2D eigenvalue weighted by Crippen LogP contribution is -2.46. The van der Waals surface area contributed by atoms with Gasteiger partial charge in [-0.3, -0.25) is 0 Å². The minimum Gasteiger partial charge on any atom is -0.335 e. The van der Waals surface area contributed by atoms with Gasteiger partial charge < -0.3 is 10.2 Å². The monoisotopic (exact) mass is 338 g/mol. The topological polar surface area (TPSA) is 66.5 Å². The van der Waals surface area contributed by atoms with E-state index in [2.05, 4.69) is 27.3 Å². The van der Waals surface area contributed by atoms with Gasteiger partial charge in [0.05, 0.1) is 12.3 Å². The molecule has 18 heavy (non-hydrogen) atoms. The van der Waals surface area contributed by atoms with Crippen LogP contribution >= 0.6 is 15.9 Å². The minimum atomic E-state index is -2.97. The molecular weight excluding hydrogens is 320 g/mol. The maximum atomic E-state index is 11.9. The maximum absolute atomic E-state index is 11.9. The molecule has 1 aliphatic heterocycles.